The normalized spacial score (nSPS) is 23.1. The summed E-state index contributed by atoms with van der Waals surface area (Å²) in [5, 5.41) is 0. The largest absolute Gasteiger partial charge is 0.340 e. The summed E-state index contributed by atoms with van der Waals surface area (Å²) < 4.78 is 0. The molecule has 98 valence electrons. The van der Waals surface area contributed by atoms with Crippen molar-refractivity contribution in [2.75, 3.05) is 6.54 Å². The second kappa shape index (κ2) is 4.97. The van der Waals surface area contributed by atoms with Crippen LogP contribution in [0, 0.1) is 5.92 Å². The van der Waals surface area contributed by atoms with Gasteiger partial charge < -0.3 is 10.6 Å². The molecule has 0 aromatic carbocycles. The highest BCUT2D eigenvalue weighted by atomic mass is 16.2. The Kier molecular flexibility index (Phi) is 3.76. The van der Waals surface area contributed by atoms with E-state index >= 15 is 0 Å². The lowest BCUT2D eigenvalue weighted by Gasteiger charge is -2.31. The minimum atomic E-state index is -0.201. The van der Waals surface area contributed by atoms with Crippen LogP contribution in [0.4, 0.5) is 0 Å². The van der Waals surface area contributed by atoms with E-state index in [4.69, 9.17) is 5.73 Å². The maximum atomic E-state index is 12.4. The SMILES string of the molecule is CC(C)N(CC1CC1)C(=O)CC1(N)CCCC1. The van der Waals surface area contributed by atoms with E-state index in [-0.39, 0.29) is 11.4 Å². The molecule has 2 aliphatic carbocycles. The number of hydrogen-bond donors (Lipinski definition) is 1. The van der Waals surface area contributed by atoms with E-state index in [2.05, 4.69) is 13.8 Å². The van der Waals surface area contributed by atoms with Crippen LogP contribution in [0.3, 0.4) is 0 Å². The smallest absolute Gasteiger partial charge is 0.224 e. The van der Waals surface area contributed by atoms with Crippen molar-refractivity contribution < 1.29 is 4.79 Å². The second-order valence-electron chi connectivity index (χ2n) is 6.33. The molecule has 0 aliphatic heterocycles. The van der Waals surface area contributed by atoms with Crippen molar-refractivity contribution in [3.63, 3.8) is 0 Å². The van der Waals surface area contributed by atoms with Crippen molar-refractivity contribution in [3.05, 3.63) is 0 Å². The Labute approximate surface area is 105 Å². The number of carbonyl (C=O) groups is 1. The third kappa shape index (κ3) is 3.44. The molecule has 1 amide bonds. The molecule has 3 heteroatoms. The number of amides is 1. The van der Waals surface area contributed by atoms with Crippen LogP contribution < -0.4 is 5.73 Å². The molecule has 2 fully saturated rings. The molecule has 0 aromatic heterocycles. The van der Waals surface area contributed by atoms with E-state index in [1.807, 2.05) is 4.90 Å². The van der Waals surface area contributed by atoms with Gasteiger partial charge in [0.05, 0.1) is 0 Å². The second-order valence-corrected chi connectivity index (χ2v) is 6.33. The van der Waals surface area contributed by atoms with Crippen molar-refractivity contribution >= 4 is 5.91 Å². The first-order chi connectivity index (χ1) is 8.00. The average Bonchev–Trinajstić information content (AvgIpc) is 2.97. The molecule has 2 N–H and O–H groups in total. The zero-order chi connectivity index (χ0) is 12.5. The molecule has 0 spiro atoms. The minimum Gasteiger partial charge on any atom is -0.340 e. The topological polar surface area (TPSA) is 46.3 Å². The van der Waals surface area contributed by atoms with Crippen molar-refractivity contribution in [2.45, 2.75) is 70.4 Å². The molecule has 3 nitrogen and oxygen atoms in total. The van der Waals surface area contributed by atoms with Crippen molar-refractivity contribution in [1.29, 1.82) is 0 Å². The molecule has 17 heavy (non-hydrogen) atoms. The Morgan fingerprint density at radius 1 is 1.35 bits per heavy atom. The van der Waals surface area contributed by atoms with Gasteiger partial charge in [-0.3, -0.25) is 4.79 Å². The average molecular weight is 238 g/mol. The van der Waals surface area contributed by atoms with Crippen LogP contribution in [-0.4, -0.2) is 28.9 Å². The van der Waals surface area contributed by atoms with Gasteiger partial charge in [0.1, 0.15) is 0 Å². The first-order valence-electron chi connectivity index (χ1n) is 7.08. The summed E-state index contributed by atoms with van der Waals surface area (Å²) in [6, 6.07) is 0.313. The van der Waals surface area contributed by atoms with Crippen LogP contribution >= 0.6 is 0 Å². The van der Waals surface area contributed by atoms with E-state index < -0.39 is 0 Å². The van der Waals surface area contributed by atoms with E-state index in [1.165, 1.54) is 25.7 Å². The molecular formula is C14H26N2O. The number of carbonyl (C=O) groups excluding carboxylic acids is 1. The highest BCUT2D eigenvalue weighted by Crippen LogP contribution is 2.33. The monoisotopic (exact) mass is 238 g/mol. The van der Waals surface area contributed by atoms with Crippen LogP contribution in [0.15, 0.2) is 0 Å². The highest BCUT2D eigenvalue weighted by molar-refractivity contribution is 5.77. The van der Waals surface area contributed by atoms with Gasteiger partial charge in [-0.25, -0.2) is 0 Å². The van der Waals surface area contributed by atoms with Gasteiger partial charge in [-0.05, 0) is 45.4 Å². The summed E-state index contributed by atoms with van der Waals surface area (Å²) in [6.45, 7) is 5.17. The number of hydrogen-bond acceptors (Lipinski definition) is 2. The third-order valence-corrected chi connectivity index (χ3v) is 4.20. The first-order valence-corrected chi connectivity index (χ1v) is 7.08. The van der Waals surface area contributed by atoms with E-state index in [9.17, 15) is 4.79 Å². The van der Waals surface area contributed by atoms with Gasteiger partial charge in [0.15, 0.2) is 0 Å². The van der Waals surface area contributed by atoms with Gasteiger partial charge in [0.2, 0.25) is 5.91 Å². The van der Waals surface area contributed by atoms with Crippen LogP contribution in [0.2, 0.25) is 0 Å². The van der Waals surface area contributed by atoms with Crippen LogP contribution in [0.1, 0.15) is 58.8 Å². The third-order valence-electron chi connectivity index (χ3n) is 4.20. The standard InChI is InChI=1S/C14H26N2O/c1-11(2)16(10-12-5-6-12)13(17)9-14(15)7-3-4-8-14/h11-12H,3-10,15H2,1-2H3. The summed E-state index contributed by atoms with van der Waals surface area (Å²) in [6.07, 6.45) is 7.57. The fourth-order valence-electron chi connectivity index (χ4n) is 2.84. The number of nitrogens with two attached hydrogens (primary N) is 1. The maximum absolute atomic E-state index is 12.4. The maximum Gasteiger partial charge on any atom is 0.224 e. The predicted octanol–water partition coefficient (Wildman–Crippen LogP) is 2.29. The zero-order valence-corrected chi connectivity index (χ0v) is 11.2. The first kappa shape index (κ1) is 12.9. The molecule has 0 radical (unpaired) electrons. The predicted molar refractivity (Wildman–Crippen MR) is 69.6 cm³/mol. The van der Waals surface area contributed by atoms with E-state index in [0.29, 0.717) is 12.5 Å². The Morgan fingerprint density at radius 2 is 1.94 bits per heavy atom. The van der Waals surface area contributed by atoms with Crippen molar-refractivity contribution in [3.8, 4) is 0 Å². The lowest BCUT2D eigenvalue weighted by molar-refractivity contribution is -0.134. The Morgan fingerprint density at radius 3 is 2.41 bits per heavy atom. The van der Waals surface area contributed by atoms with Crippen LogP contribution in [0.25, 0.3) is 0 Å². The van der Waals surface area contributed by atoms with Gasteiger partial charge >= 0.3 is 0 Å². The lowest BCUT2D eigenvalue weighted by atomic mass is 9.93. The molecule has 0 heterocycles. The minimum absolute atomic E-state index is 0.201. The lowest BCUT2D eigenvalue weighted by Crippen LogP contribution is -2.46. The molecule has 2 aliphatic rings. The summed E-state index contributed by atoms with van der Waals surface area (Å²) in [5.41, 5.74) is 6.10. The van der Waals surface area contributed by atoms with Gasteiger partial charge in [0.25, 0.3) is 0 Å². The number of nitrogens with zero attached hydrogens (tertiary/aromatic N) is 1. The molecule has 0 bridgehead atoms. The van der Waals surface area contributed by atoms with E-state index in [1.54, 1.807) is 0 Å². The summed E-state index contributed by atoms with van der Waals surface area (Å²) in [4.78, 5) is 14.4. The molecule has 0 saturated heterocycles. The summed E-state index contributed by atoms with van der Waals surface area (Å²) in [7, 11) is 0. The van der Waals surface area contributed by atoms with Gasteiger partial charge in [0, 0.05) is 24.5 Å². The fraction of sp³-hybridized carbons (Fsp3) is 0.929. The quantitative estimate of drug-likeness (QED) is 0.799. The summed E-state index contributed by atoms with van der Waals surface area (Å²) >= 11 is 0. The molecular weight excluding hydrogens is 212 g/mol. The zero-order valence-electron chi connectivity index (χ0n) is 11.2. The van der Waals surface area contributed by atoms with Crippen LogP contribution in [0.5, 0.6) is 0 Å². The molecule has 2 rings (SSSR count). The molecule has 0 aromatic rings. The Hall–Kier alpha value is -0.570. The Balaban J connectivity index is 1.90. The highest BCUT2D eigenvalue weighted by Gasteiger charge is 2.35. The molecule has 0 atom stereocenters. The summed E-state index contributed by atoms with van der Waals surface area (Å²) in [5.74, 6) is 1.04. The fourth-order valence-corrected chi connectivity index (χ4v) is 2.84. The van der Waals surface area contributed by atoms with Gasteiger partial charge in [-0.2, -0.15) is 0 Å². The van der Waals surface area contributed by atoms with E-state index in [0.717, 1.165) is 25.3 Å². The van der Waals surface area contributed by atoms with Crippen LogP contribution in [-0.2, 0) is 4.79 Å². The van der Waals surface area contributed by atoms with Crippen molar-refractivity contribution in [1.82, 2.24) is 4.90 Å². The molecule has 2 saturated carbocycles. The van der Waals surface area contributed by atoms with Gasteiger partial charge in [-0.1, -0.05) is 12.8 Å². The van der Waals surface area contributed by atoms with Gasteiger partial charge in [-0.15, -0.1) is 0 Å². The number of rotatable bonds is 5. The Bertz CT molecular complexity index is 278. The molecule has 0 unspecified atom stereocenters. The van der Waals surface area contributed by atoms with Crippen molar-refractivity contribution in [2.24, 2.45) is 11.7 Å².